The number of nitrogens with zero attached hydrogens (tertiary/aromatic N) is 5. The summed E-state index contributed by atoms with van der Waals surface area (Å²) in [6.45, 7) is 0.625. The van der Waals surface area contributed by atoms with E-state index in [1.54, 1.807) is 17.2 Å². The van der Waals surface area contributed by atoms with Gasteiger partial charge in [-0.25, -0.2) is 9.67 Å². The fourth-order valence-corrected chi connectivity index (χ4v) is 2.56. The fraction of sp³-hybridized carbons (Fsp3) is 0.0556. The van der Waals surface area contributed by atoms with Gasteiger partial charge in [0.05, 0.1) is 29.7 Å². The van der Waals surface area contributed by atoms with E-state index < -0.39 is 0 Å². The van der Waals surface area contributed by atoms with E-state index in [2.05, 4.69) is 30.6 Å². The smallest absolute Gasteiger partial charge is 0.259 e. The number of carbonyl (C=O) groups excluding carboxylic acids is 1. The lowest BCUT2D eigenvalue weighted by molar-refractivity contribution is 0.102. The Morgan fingerprint density at radius 2 is 2.04 bits per heavy atom. The molecule has 0 saturated carbocycles. The largest absolute Gasteiger partial charge is 0.322 e. The minimum atomic E-state index is -0.247. The van der Waals surface area contributed by atoms with E-state index in [9.17, 15) is 4.79 Å². The van der Waals surface area contributed by atoms with Crippen molar-refractivity contribution >= 4 is 11.6 Å². The highest BCUT2D eigenvalue weighted by atomic mass is 16.1. The first-order chi connectivity index (χ1) is 12.8. The van der Waals surface area contributed by atoms with Gasteiger partial charge in [-0.2, -0.15) is 10.2 Å². The monoisotopic (exact) mass is 345 g/mol. The number of H-pyrrole nitrogens is 1. The van der Waals surface area contributed by atoms with Gasteiger partial charge in [0.1, 0.15) is 12.7 Å². The van der Waals surface area contributed by atoms with Crippen molar-refractivity contribution in [2.45, 2.75) is 6.54 Å². The highest BCUT2D eigenvalue weighted by Crippen LogP contribution is 2.20. The fourth-order valence-electron chi connectivity index (χ4n) is 2.56. The highest BCUT2D eigenvalue weighted by Gasteiger charge is 2.16. The van der Waals surface area contributed by atoms with E-state index in [-0.39, 0.29) is 5.91 Å². The number of benzene rings is 1. The summed E-state index contributed by atoms with van der Waals surface area (Å²) in [5.74, 6) is -0.247. The molecule has 8 heteroatoms. The minimum absolute atomic E-state index is 0.247. The van der Waals surface area contributed by atoms with Crippen molar-refractivity contribution in [3.8, 4) is 11.4 Å². The second-order valence-electron chi connectivity index (χ2n) is 5.62. The SMILES string of the molecule is O=C(Nc1ccc(Cn2cncn2)cc1)c1cn[nH]c1-c1ccccn1. The van der Waals surface area contributed by atoms with Crippen LogP contribution in [0.4, 0.5) is 5.69 Å². The number of pyridine rings is 1. The van der Waals surface area contributed by atoms with Gasteiger partial charge in [-0.15, -0.1) is 0 Å². The number of hydrogen-bond acceptors (Lipinski definition) is 5. The Labute approximate surface area is 148 Å². The van der Waals surface area contributed by atoms with Gasteiger partial charge in [0.2, 0.25) is 0 Å². The summed E-state index contributed by atoms with van der Waals surface area (Å²) >= 11 is 0. The van der Waals surface area contributed by atoms with E-state index in [1.807, 2.05) is 42.5 Å². The number of nitrogens with one attached hydrogen (secondary N) is 2. The molecule has 0 fully saturated rings. The van der Waals surface area contributed by atoms with E-state index in [4.69, 9.17) is 0 Å². The summed E-state index contributed by atoms with van der Waals surface area (Å²) in [5.41, 5.74) is 3.45. The van der Waals surface area contributed by atoms with E-state index in [0.717, 1.165) is 5.56 Å². The van der Waals surface area contributed by atoms with Gasteiger partial charge in [-0.3, -0.25) is 14.9 Å². The topological polar surface area (TPSA) is 101 Å². The average Bonchev–Trinajstić information content (AvgIpc) is 3.36. The molecule has 0 aliphatic rings. The highest BCUT2D eigenvalue weighted by molar-refractivity contribution is 6.07. The van der Waals surface area contributed by atoms with Gasteiger partial charge in [-0.1, -0.05) is 18.2 Å². The standard InChI is InChI=1S/C18H15N7O/c26-18(15-9-21-24-17(15)16-3-1-2-8-20-16)23-14-6-4-13(5-7-14)10-25-12-19-11-22-25/h1-9,11-12H,10H2,(H,21,24)(H,23,26). The van der Waals surface area contributed by atoms with Crippen LogP contribution >= 0.6 is 0 Å². The minimum Gasteiger partial charge on any atom is -0.322 e. The predicted molar refractivity (Wildman–Crippen MR) is 95.3 cm³/mol. The van der Waals surface area contributed by atoms with Crippen LogP contribution < -0.4 is 5.32 Å². The third kappa shape index (κ3) is 3.34. The maximum atomic E-state index is 12.6. The van der Waals surface area contributed by atoms with Crippen LogP contribution in [0.3, 0.4) is 0 Å². The Morgan fingerprint density at radius 1 is 1.15 bits per heavy atom. The van der Waals surface area contributed by atoms with Gasteiger partial charge in [-0.05, 0) is 29.8 Å². The number of hydrogen-bond donors (Lipinski definition) is 2. The molecule has 26 heavy (non-hydrogen) atoms. The Balaban J connectivity index is 1.48. The normalized spacial score (nSPS) is 10.6. The molecule has 1 aromatic carbocycles. The Hall–Kier alpha value is -3.81. The van der Waals surface area contributed by atoms with Crippen LogP contribution in [-0.4, -0.2) is 35.9 Å². The number of carbonyl (C=O) groups is 1. The first kappa shape index (κ1) is 15.7. The summed E-state index contributed by atoms with van der Waals surface area (Å²) in [5, 5.41) is 13.8. The molecular weight excluding hydrogens is 330 g/mol. The van der Waals surface area contributed by atoms with E-state index >= 15 is 0 Å². The van der Waals surface area contributed by atoms with Crippen LogP contribution in [0.15, 0.2) is 67.5 Å². The van der Waals surface area contributed by atoms with Crippen LogP contribution in [0.2, 0.25) is 0 Å². The van der Waals surface area contributed by atoms with Crippen LogP contribution in [0, 0.1) is 0 Å². The van der Waals surface area contributed by atoms with Crippen molar-refractivity contribution in [1.29, 1.82) is 0 Å². The zero-order valence-electron chi connectivity index (χ0n) is 13.7. The van der Waals surface area contributed by atoms with Crippen molar-refractivity contribution in [2.75, 3.05) is 5.32 Å². The molecule has 4 aromatic rings. The molecule has 0 unspecified atom stereocenters. The molecule has 0 aliphatic heterocycles. The number of rotatable bonds is 5. The quantitative estimate of drug-likeness (QED) is 0.578. The summed E-state index contributed by atoms with van der Waals surface area (Å²) < 4.78 is 1.73. The molecule has 0 saturated heterocycles. The third-order valence-corrected chi connectivity index (χ3v) is 3.83. The summed E-state index contributed by atoms with van der Waals surface area (Å²) in [6, 6.07) is 13.1. The maximum absolute atomic E-state index is 12.6. The predicted octanol–water partition coefficient (Wildman–Crippen LogP) is 2.36. The number of anilines is 1. The zero-order chi connectivity index (χ0) is 17.8. The molecule has 3 aromatic heterocycles. The first-order valence-electron chi connectivity index (χ1n) is 7.97. The zero-order valence-corrected chi connectivity index (χ0v) is 13.7. The van der Waals surface area contributed by atoms with Gasteiger partial charge < -0.3 is 5.32 Å². The lowest BCUT2D eigenvalue weighted by Gasteiger charge is -2.07. The van der Waals surface area contributed by atoms with Crippen LogP contribution in [0.1, 0.15) is 15.9 Å². The van der Waals surface area contributed by atoms with Crippen molar-refractivity contribution in [3.63, 3.8) is 0 Å². The molecule has 1 amide bonds. The van der Waals surface area contributed by atoms with Gasteiger partial charge >= 0.3 is 0 Å². The van der Waals surface area contributed by atoms with Crippen molar-refractivity contribution in [1.82, 2.24) is 29.9 Å². The molecule has 8 nitrogen and oxygen atoms in total. The second kappa shape index (κ2) is 6.98. The lowest BCUT2D eigenvalue weighted by atomic mass is 10.1. The van der Waals surface area contributed by atoms with Crippen molar-refractivity contribution in [3.05, 3.63) is 78.6 Å². The number of aromatic amines is 1. The van der Waals surface area contributed by atoms with Gasteiger partial charge in [0.25, 0.3) is 5.91 Å². The van der Waals surface area contributed by atoms with Crippen molar-refractivity contribution < 1.29 is 4.79 Å². The molecule has 128 valence electrons. The Kier molecular flexibility index (Phi) is 4.21. The molecule has 0 bridgehead atoms. The average molecular weight is 345 g/mol. The van der Waals surface area contributed by atoms with Crippen LogP contribution in [-0.2, 0) is 6.54 Å². The van der Waals surface area contributed by atoms with Crippen LogP contribution in [0.25, 0.3) is 11.4 Å². The summed E-state index contributed by atoms with van der Waals surface area (Å²) in [6.07, 6.45) is 6.33. The van der Waals surface area contributed by atoms with Gasteiger partial charge in [0, 0.05) is 11.9 Å². The molecule has 0 atom stereocenters. The molecule has 0 radical (unpaired) electrons. The lowest BCUT2D eigenvalue weighted by Crippen LogP contribution is -2.12. The van der Waals surface area contributed by atoms with Gasteiger partial charge in [0.15, 0.2) is 0 Å². The first-order valence-corrected chi connectivity index (χ1v) is 7.97. The Bertz CT molecular complexity index is 992. The third-order valence-electron chi connectivity index (χ3n) is 3.83. The molecule has 0 spiro atoms. The van der Waals surface area contributed by atoms with Crippen molar-refractivity contribution in [2.24, 2.45) is 0 Å². The molecular formula is C18H15N7O. The van der Waals surface area contributed by atoms with E-state index in [0.29, 0.717) is 29.2 Å². The van der Waals surface area contributed by atoms with E-state index in [1.165, 1.54) is 12.5 Å². The van der Waals surface area contributed by atoms with Crippen LogP contribution in [0.5, 0.6) is 0 Å². The molecule has 3 heterocycles. The molecule has 4 rings (SSSR count). The summed E-state index contributed by atoms with van der Waals surface area (Å²) in [7, 11) is 0. The molecule has 2 N–H and O–H groups in total. The summed E-state index contributed by atoms with van der Waals surface area (Å²) in [4.78, 5) is 20.8. The second-order valence-corrected chi connectivity index (χ2v) is 5.62. The maximum Gasteiger partial charge on any atom is 0.259 e. The number of aromatic nitrogens is 6. The molecule has 0 aliphatic carbocycles. The Morgan fingerprint density at radius 3 is 2.77 bits per heavy atom. The number of amides is 1.